The number of aromatic nitrogens is 3. The minimum atomic E-state index is -0.140. The molecule has 0 radical (unpaired) electrons. The van der Waals surface area contributed by atoms with Crippen LogP contribution in [0.15, 0.2) is 42.5 Å². The molecule has 0 aromatic carbocycles. The molecule has 4 N–H and O–H groups in total. The van der Waals surface area contributed by atoms with Gasteiger partial charge in [-0.2, -0.15) is 0 Å². The Bertz CT molecular complexity index is 1290. The van der Waals surface area contributed by atoms with E-state index < -0.39 is 0 Å². The Kier molecular flexibility index (Phi) is 4.55. The highest BCUT2D eigenvalue weighted by molar-refractivity contribution is 5.93. The van der Waals surface area contributed by atoms with Crippen molar-refractivity contribution < 1.29 is 4.79 Å². The van der Waals surface area contributed by atoms with Gasteiger partial charge in [-0.3, -0.25) is 15.2 Å². The molecule has 1 saturated carbocycles. The first kappa shape index (κ1) is 20.0. The highest BCUT2D eigenvalue weighted by Crippen LogP contribution is 2.40. The number of carbonyl (C=O) groups excluding carboxylic acids is 1. The summed E-state index contributed by atoms with van der Waals surface area (Å²) in [7, 11) is 1.89. The molecule has 4 heterocycles. The molecule has 0 bridgehead atoms. The van der Waals surface area contributed by atoms with Gasteiger partial charge in [0.2, 0.25) is 0 Å². The molecule has 1 aliphatic heterocycles. The monoisotopic (exact) mass is 444 g/mol. The lowest BCUT2D eigenvalue weighted by atomic mass is 10.1. The van der Waals surface area contributed by atoms with Gasteiger partial charge in [0, 0.05) is 31.3 Å². The Balaban J connectivity index is 1.16. The third-order valence-corrected chi connectivity index (χ3v) is 6.77. The van der Waals surface area contributed by atoms with Crippen molar-refractivity contribution in [2.24, 2.45) is 0 Å². The zero-order valence-electron chi connectivity index (χ0n) is 18.9. The van der Waals surface area contributed by atoms with Gasteiger partial charge >= 0.3 is 0 Å². The molecule has 0 saturated heterocycles. The van der Waals surface area contributed by atoms with Crippen LogP contribution in [0.2, 0.25) is 0 Å². The van der Waals surface area contributed by atoms with Crippen LogP contribution in [-0.2, 0) is 17.8 Å². The van der Waals surface area contributed by atoms with Crippen molar-refractivity contribution in [3.8, 4) is 0 Å². The van der Waals surface area contributed by atoms with Gasteiger partial charge in [0.15, 0.2) is 0 Å². The highest BCUT2D eigenvalue weighted by atomic mass is 16.2. The molecule has 1 atom stereocenters. The number of pyridine rings is 2. The number of nitrogen functional groups attached to an aromatic ring is 1. The van der Waals surface area contributed by atoms with Crippen molar-refractivity contribution in [2.45, 2.75) is 51.1 Å². The summed E-state index contributed by atoms with van der Waals surface area (Å²) in [5.74, 6) is 1.14. The molecule has 1 amide bonds. The molecule has 1 unspecified atom stereocenters. The molecule has 1 fully saturated rings. The van der Waals surface area contributed by atoms with E-state index in [0.717, 1.165) is 41.0 Å². The van der Waals surface area contributed by atoms with E-state index in [1.807, 2.05) is 36.4 Å². The maximum atomic E-state index is 13.0. The SMILES string of the molecule is Cc1cc2c(c(N)n1)CCC2NC(=O)C1=CN(Cc2cn3cc(C4CC4)ccc3n2)N(C)N1. The van der Waals surface area contributed by atoms with Crippen molar-refractivity contribution in [2.75, 3.05) is 12.8 Å². The molecule has 9 nitrogen and oxygen atoms in total. The number of fused-ring (bicyclic) bond motifs is 2. The first-order valence-electron chi connectivity index (χ1n) is 11.5. The third kappa shape index (κ3) is 3.68. The molecular weight excluding hydrogens is 416 g/mol. The standard InChI is InChI=1S/C24H28N8O/c1-14-9-19-18(23(25)26-14)6-7-20(19)28-24(33)21-13-32(30(2)29-21)12-17-11-31-10-16(15-3-4-15)5-8-22(31)27-17/h5,8-11,13,15,20,29H,3-4,6-7,12H2,1-2H3,(H2,25,26)(H,28,33). The zero-order valence-corrected chi connectivity index (χ0v) is 18.9. The van der Waals surface area contributed by atoms with Crippen LogP contribution in [0.25, 0.3) is 5.65 Å². The Labute approximate surface area is 192 Å². The van der Waals surface area contributed by atoms with Gasteiger partial charge in [-0.15, -0.1) is 5.12 Å². The number of amides is 1. The van der Waals surface area contributed by atoms with Gasteiger partial charge in [-0.1, -0.05) is 6.07 Å². The van der Waals surface area contributed by atoms with Crippen LogP contribution in [-0.4, -0.2) is 37.5 Å². The minimum absolute atomic E-state index is 0.0577. The number of hydrogen-bond donors (Lipinski definition) is 3. The summed E-state index contributed by atoms with van der Waals surface area (Å²) in [5, 5.41) is 6.91. The van der Waals surface area contributed by atoms with Gasteiger partial charge in [0.25, 0.3) is 5.91 Å². The van der Waals surface area contributed by atoms with Crippen LogP contribution in [0.4, 0.5) is 5.82 Å². The van der Waals surface area contributed by atoms with Gasteiger partial charge < -0.3 is 15.5 Å². The second-order valence-electron chi connectivity index (χ2n) is 9.29. The summed E-state index contributed by atoms with van der Waals surface area (Å²) in [6, 6.07) is 6.23. The average Bonchev–Trinajstić information content (AvgIpc) is 3.29. The molecule has 0 spiro atoms. The number of rotatable bonds is 5. The van der Waals surface area contributed by atoms with Crippen molar-refractivity contribution in [1.29, 1.82) is 0 Å². The van der Waals surface area contributed by atoms with Crippen LogP contribution in [0, 0.1) is 6.92 Å². The predicted octanol–water partition coefficient (Wildman–Crippen LogP) is 2.31. The highest BCUT2D eigenvalue weighted by Gasteiger charge is 2.30. The van der Waals surface area contributed by atoms with Crippen molar-refractivity contribution >= 4 is 17.4 Å². The Hall–Kier alpha value is -3.59. The number of nitrogens with two attached hydrogens (primary N) is 1. The van der Waals surface area contributed by atoms with Gasteiger partial charge in [-0.05, 0) is 67.3 Å². The van der Waals surface area contributed by atoms with Gasteiger partial charge in [0.1, 0.15) is 17.2 Å². The third-order valence-electron chi connectivity index (χ3n) is 6.77. The molecule has 6 rings (SSSR count). The maximum Gasteiger partial charge on any atom is 0.270 e. The summed E-state index contributed by atoms with van der Waals surface area (Å²) < 4.78 is 2.10. The summed E-state index contributed by atoms with van der Waals surface area (Å²) in [4.78, 5) is 22.1. The molecule has 3 aliphatic rings. The van der Waals surface area contributed by atoms with E-state index in [2.05, 4.69) is 44.7 Å². The first-order chi connectivity index (χ1) is 15.9. The Morgan fingerprint density at radius 3 is 2.91 bits per heavy atom. The smallest absolute Gasteiger partial charge is 0.270 e. The number of imidazole rings is 1. The predicted molar refractivity (Wildman–Crippen MR) is 124 cm³/mol. The topological polar surface area (TPSA) is 104 Å². The molecule has 3 aromatic heterocycles. The fraction of sp³-hybridized carbons (Fsp3) is 0.375. The van der Waals surface area contributed by atoms with Crippen molar-refractivity contribution in [3.63, 3.8) is 0 Å². The number of aryl methyl sites for hydroxylation is 1. The van der Waals surface area contributed by atoms with E-state index in [1.54, 1.807) is 0 Å². The summed E-state index contributed by atoms with van der Waals surface area (Å²) in [6.45, 7) is 2.49. The first-order valence-corrected chi connectivity index (χ1v) is 11.5. The van der Waals surface area contributed by atoms with E-state index in [0.29, 0.717) is 24.0 Å². The molecular formula is C24H28N8O. The largest absolute Gasteiger partial charge is 0.383 e. The van der Waals surface area contributed by atoms with E-state index in [1.165, 1.54) is 18.4 Å². The fourth-order valence-electron chi connectivity index (χ4n) is 4.89. The quantitative estimate of drug-likeness (QED) is 0.555. The van der Waals surface area contributed by atoms with Gasteiger partial charge in [0.05, 0.1) is 18.3 Å². The number of anilines is 1. The maximum absolute atomic E-state index is 13.0. The van der Waals surface area contributed by atoms with Crippen LogP contribution in [0.1, 0.15) is 59.3 Å². The van der Waals surface area contributed by atoms with E-state index in [-0.39, 0.29) is 11.9 Å². The molecule has 170 valence electrons. The normalized spacial score (nSPS) is 20.1. The van der Waals surface area contributed by atoms with Crippen LogP contribution >= 0.6 is 0 Å². The van der Waals surface area contributed by atoms with E-state index in [4.69, 9.17) is 10.7 Å². The van der Waals surface area contributed by atoms with Crippen molar-refractivity contribution in [1.82, 2.24) is 35.2 Å². The minimum Gasteiger partial charge on any atom is -0.383 e. The molecule has 33 heavy (non-hydrogen) atoms. The fourth-order valence-corrected chi connectivity index (χ4v) is 4.89. The summed E-state index contributed by atoms with van der Waals surface area (Å²) >= 11 is 0. The number of nitrogens with one attached hydrogen (secondary N) is 2. The molecule has 9 heteroatoms. The molecule has 2 aliphatic carbocycles. The second-order valence-corrected chi connectivity index (χ2v) is 9.29. The second kappa shape index (κ2) is 7.48. The zero-order chi connectivity index (χ0) is 22.7. The van der Waals surface area contributed by atoms with E-state index >= 15 is 0 Å². The van der Waals surface area contributed by atoms with Crippen LogP contribution < -0.4 is 16.5 Å². The summed E-state index contributed by atoms with van der Waals surface area (Å²) in [6.07, 6.45) is 10.3. The van der Waals surface area contributed by atoms with Crippen LogP contribution in [0.3, 0.4) is 0 Å². The lowest BCUT2D eigenvalue weighted by Crippen LogP contribution is -2.41. The van der Waals surface area contributed by atoms with Gasteiger partial charge in [-0.25, -0.2) is 9.97 Å². The van der Waals surface area contributed by atoms with E-state index in [9.17, 15) is 4.79 Å². The Morgan fingerprint density at radius 2 is 2.09 bits per heavy atom. The lowest BCUT2D eigenvalue weighted by Gasteiger charge is -2.23. The summed E-state index contributed by atoms with van der Waals surface area (Å²) in [5.41, 5.74) is 16.0. The number of hydrogen-bond acceptors (Lipinski definition) is 7. The van der Waals surface area contributed by atoms with Crippen molar-refractivity contribution in [3.05, 3.63) is 70.6 Å². The molecule has 3 aromatic rings. The lowest BCUT2D eigenvalue weighted by molar-refractivity contribution is -0.119. The number of nitrogens with zero attached hydrogens (tertiary/aromatic N) is 5. The average molecular weight is 445 g/mol. The van der Waals surface area contributed by atoms with Crippen LogP contribution in [0.5, 0.6) is 0 Å². The number of carbonyl (C=O) groups is 1. The number of hydrazine groups is 2. The Morgan fingerprint density at radius 1 is 1.24 bits per heavy atom.